The summed E-state index contributed by atoms with van der Waals surface area (Å²) in [5, 5.41) is 5.70. The lowest BCUT2D eigenvalue weighted by Gasteiger charge is -2.13. The van der Waals surface area contributed by atoms with Gasteiger partial charge in [-0.05, 0) is 42.8 Å². The fraction of sp³-hybridized carbons (Fsp3) is 0.353. The third-order valence-electron chi connectivity index (χ3n) is 4.04. The zero-order valence-corrected chi connectivity index (χ0v) is 14.2. The number of nitrogens with one attached hydrogen (secondary N) is 2. The van der Waals surface area contributed by atoms with Crippen LogP contribution in [0.5, 0.6) is 0 Å². The minimum atomic E-state index is -0.317. The van der Waals surface area contributed by atoms with E-state index < -0.39 is 0 Å². The Labute approximate surface area is 144 Å². The second kappa shape index (κ2) is 7.00. The van der Waals surface area contributed by atoms with Crippen molar-refractivity contribution in [3.05, 3.63) is 46.5 Å². The highest BCUT2D eigenvalue weighted by molar-refractivity contribution is 7.09. The fourth-order valence-corrected chi connectivity index (χ4v) is 3.06. The molecule has 1 fully saturated rings. The van der Waals surface area contributed by atoms with Crippen LogP contribution in [0.25, 0.3) is 0 Å². The average molecular weight is 344 g/mol. The van der Waals surface area contributed by atoms with E-state index in [4.69, 9.17) is 5.73 Å². The van der Waals surface area contributed by atoms with Crippen molar-refractivity contribution < 1.29 is 9.59 Å². The average Bonchev–Trinajstić information content (AvgIpc) is 3.34. The van der Waals surface area contributed by atoms with Crippen LogP contribution in [-0.4, -0.2) is 22.7 Å². The highest BCUT2D eigenvalue weighted by Crippen LogP contribution is 2.28. The number of carbonyl (C=O) groups excluding carboxylic acids is 2. The second-order valence-corrected chi connectivity index (χ2v) is 6.81. The molecule has 0 spiro atoms. The van der Waals surface area contributed by atoms with E-state index in [-0.39, 0.29) is 34.1 Å². The maximum atomic E-state index is 12.4. The lowest BCUT2D eigenvalue weighted by Crippen LogP contribution is -2.28. The Morgan fingerprint density at radius 1 is 1.29 bits per heavy atom. The van der Waals surface area contributed by atoms with Gasteiger partial charge in [-0.1, -0.05) is 30.3 Å². The Morgan fingerprint density at radius 2 is 2.00 bits per heavy atom. The van der Waals surface area contributed by atoms with Gasteiger partial charge in [-0.15, -0.1) is 0 Å². The van der Waals surface area contributed by atoms with E-state index >= 15 is 0 Å². The zero-order chi connectivity index (χ0) is 17.1. The van der Waals surface area contributed by atoms with Gasteiger partial charge in [-0.3, -0.25) is 9.59 Å². The SMILES string of the molecule is C[C@H](NC(=O)c1snc(C(=O)NCC2CC2)c1N)c1ccccc1. The van der Waals surface area contributed by atoms with Crippen molar-refractivity contribution in [1.82, 2.24) is 15.0 Å². The molecule has 1 aromatic carbocycles. The Kier molecular flexibility index (Phi) is 4.80. The van der Waals surface area contributed by atoms with Crippen LogP contribution in [0, 0.1) is 5.92 Å². The number of nitrogen functional groups attached to an aromatic ring is 1. The van der Waals surface area contributed by atoms with Crippen molar-refractivity contribution >= 4 is 29.0 Å². The highest BCUT2D eigenvalue weighted by Gasteiger charge is 2.26. The van der Waals surface area contributed by atoms with Crippen LogP contribution in [0.15, 0.2) is 30.3 Å². The number of aromatic nitrogens is 1. The van der Waals surface area contributed by atoms with Gasteiger partial charge in [0.15, 0.2) is 5.69 Å². The van der Waals surface area contributed by atoms with Crippen molar-refractivity contribution in [3.63, 3.8) is 0 Å². The minimum absolute atomic E-state index is 0.137. The Morgan fingerprint density at radius 3 is 2.67 bits per heavy atom. The van der Waals surface area contributed by atoms with Crippen molar-refractivity contribution in [2.24, 2.45) is 5.92 Å². The molecule has 1 atom stereocenters. The largest absolute Gasteiger partial charge is 0.395 e. The molecule has 1 saturated carbocycles. The normalized spacial score (nSPS) is 14.9. The van der Waals surface area contributed by atoms with E-state index in [2.05, 4.69) is 15.0 Å². The molecule has 7 heteroatoms. The first kappa shape index (κ1) is 16.4. The topological polar surface area (TPSA) is 97.1 Å². The summed E-state index contributed by atoms with van der Waals surface area (Å²) in [5.74, 6) is -0.0586. The van der Waals surface area contributed by atoms with E-state index in [1.807, 2.05) is 37.3 Å². The number of rotatable bonds is 6. The third-order valence-corrected chi connectivity index (χ3v) is 4.91. The molecule has 3 rings (SSSR count). The molecular formula is C17H20N4O2S. The van der Waals surface area contributed by atoms with Crippen LogP contribution < -0.4 is 16.4 Å². The molecular weight excluding hydrogens is 324 g/mol. The molecule has 24 heavy (non-hydrogen) atoms. The van der Waals surface area contributed by atoms with Crippen LogP contribution in [0.2, 0.25) is 0 Å². The van der Waals surface area contributed by atoms with Gasteiger partial charge < -0.3 is 16.4 Å². The quantitative estimate of drug-likeness (QED) is 0.749. The summed E-state index contributed by atoms with van der Waals surface area (Å²) in [6.45, 7) is 2.54. The Hall–Kier alpha value is -2.41. The molecule has 6 nitrogen and oxygen atoms in total. The van der Waals surface area contributed by atoms with E-state index in [0.717, 1.165) is 29.9 Å². The van der Waals surface area contributed by atoms with Crippen LogP contribution >= 0.6 is 11.5 Å². The van der Waals surface area contributed by atoms with Gasteiger partial charge in [0.1, 0.15) is 4.88 Å². The van der Waals surface area contributed by atoms with Crippen molar-refractivity contribution in [2.75, 3.05) is 12.3 Å². The van der Waals surface area contributed by atoms with Gasteiger partial charge in [0.2, 0.25) is 0 Å². The second-order valence-electron chi connectivity index (χ2n) is 6.03. The first-order valence-electron chi connectivity index (χ1n) is 7.95. The summed E-state index contributed by atoms with van der Waals surface area (Å²) in [4.78, 5) is 24.8. The smallest absolute Gasteiger partial charge is 0.273 e. The summed E-state index contributed by atoms with van der Waals surface area (Å²) in [5.41, 5.74) is 7.25. The fourth-order valence-electron chi connectivity index (χ4n) is 2.35. The molecule has 1 aliphatic rings. The first-order chi connectivity index (χ1) is 11.6. The number of carbonyl (C=O) groups is 2. The molecule has 4 N–H and O–H groups in total. The zero-order valence-electron chi connectivity index (χ0n) is 13.4. The molecule has 1 aromatic heterocycles. The van der Waals surface area contributed by atoms with Crippen LogP contribution in [-0.2, 0) is 0 Å². The molecule has 2 aromatic rings. The third kappa shape index (κ3) is 3.73. The van der Waals surface area contributed by atoms with E-state index in [0.29, 0.717) is 12.5 Å². The molecule has 0 saturated heterocycles. The monoisotopic (exact) mass is 344 g/mol. The standard InChI is InChI=1S/C17H20N4O2S/c1-10(12-5-3-2-4-6-12)20-17(23)15-13(18)14(21-24-15)16(22)19-9-11-7-8-11/h2-6,10-11H,7-9,18H2,1H3,(H,19,22)(H,20,23)/t10-/m0/s1. The van der Waals surface area contributed by atoms with E-state index in [9.17, 15) is 9.59 Å². The van der Waals surface area contributed by atoms with Gasteiger partial charge in [0, 0.05) is 6.54 Å². The predicted molar refractivity (Wildman–Crippen MR) is 93.9 cm³/mol. The summed E-state index contributed by atoms with van der Waals surface area (Å²) in [6.07, 6.45) is 2.30. The minimum Gasteiger partial charge on any atom is -0.395 e. The van der Waals surface area contributed by atoms with Gasteiger partial charge in [0.05, 0.1) is 11.7 Å². The number of nitrogens with two attached hydrogens (primary N) is 1. The molecule has 0 aliphatic heterocycles. The van der Waals surface area contributed by atoms with Gasteiger partial charge in [-0.2, -0.15) is 4.37 Å². The van der Waals surface area contributed by atoms with E-state index in [1.165, 1.54) is 0 Å². The number of nitrogens with zero attached hydrogens (tertiary/aromatic N) is 1. The number of amides is 2. The Balaban J connectivity index is 1.65. The number of anilines is 1. The van der Waals surface area contributed by atoms with Crippen molar-refractivity contribution in [2.45, 2.75) is 25.8 Å². The summed E-state index contributed by atoms with van der Waals surface area (Å²) in [6, 6.07) is 9.48. The first-order valence-corrected chi connectivity index (χ1v) is 8.72. The molecule has 2 amide bonds. The lowest BCUT2D eigenvalue weighted by molar-refractivity contribution is 0.0943. The molecule has 126 valence electrons. The molecule has 0 bridgehead atoms. The van der Waals surface area contributed by atoms with Gasteiger partial charge in [0.25, 0.3) is 11.8 Å². The lowest BCUT2D eigenvalue weighted by atomic mass is 10.1. The van der Waals surface area contributed by atoms with Crippen LogP contribution in [0.1, 0.15) is 51.5 Å². The molecule has 0 radical (unpaired) electrons. The molecule has 1 aliphatic carbocycles. The Bertz CT molecular complexity index is 740. The molecule has 1 heterocycles. The number of benzene rings is 1. The molecule has 0 unspecified atom stereocenters. The maximum absolute atomic E-state index is 12.4. The summed E-state index contributed by atoms with van der Waals surface area (Å²) < 4.78 is 4.06. The number of hydrogen-bond donors (Lipinski definition) is 3. The van der Waals surface area contributed by atoms with Crippen LogP contribution in [0.3, 0.4) is 0 Å². The van der Waals surface area contributed by atoms with E-state index in [1.54, 1.807) is 0 Å². The highest BCUT2D eigenvalue weighted by atomic mass is 32.1. The predicted octanol–water partition coefficient (Wildman–Crippen LogP) is 2.36. The van der Waals surface area contributed by atoms with Crippen molar-refractivity contribution in [3.8, 4) is 0 Å². The van der Waals surface area contributed by atoms with Gasteiger partial charge in [-0.25, -0.2) is 0 Å². The maximum Gasteiger partial charge on any atom is 0.273 e. The van der Waals surface area contributed by atoms with Crippen molar-refractivity contribution in [1.29, 1.82) is 0 Å². The van der Waals surface area contributed by atoms with Crippen LogP contribution in [0.4, 0.5) is 5.69 Å². The summed E-state index contributed by atoms with van der Waals surface area (Å²) in [7, 11) is 0. The van der Waals surface area contributed by atoms with Gasteiger partial charge >= 0.3 is 0 Å². The summed E-state index contributed by atoms with van der Waals surface area (Å²) >= 11 is 0.952. The number of hydrogen-bond acceptors (Lipinski definition) is 5.